The van der Waals surface area contributed by atoms with Gasteiger partial charge in [0.05, 0.1) is 16.7 Å². The van der Waals surface area contributed by atoms with Gasteiger partial charge in [0.15, 0.2) is 0 Å². The molecule has 0 saturated carbocycles. The second kappa shape index (κ2) is 6.52. The molecule has 0 bridgehead atoms. The predicted molar refractivity (Wildman–Crippen MR) is 73.7 cm³/mol. The molecule has 1 aromatic rings. The van der Waals surface area contributed by atoms with E-state index in [1.807, 2.05) is 27.7 Å². The first-order valence-corrected chi connectivity index (χ1v) is 6.45. The van der Waals surface area contributed by atoms with E-state index >= 15 is 0 Å². The lowest BCUT2D eigenvalue weighted by Gasteiger charge is -2.26. The molecule has 0 aliphatic heterocycles. The number of hydrogen-bond acceptors (Lipinski definition) is 4. The normalized spacial score (nSPS) is 12.8. The SMILES string of the molecule is CCC(OC(=O)c1cccc(C(=O)O)c1)OC(C)(C)C. The molecule has 20 heavy (non-hydrogen) atoms. The number of carbonyl (C=O) groups is 2. The quantitative estimate of drug-likeness (QED) is 0.662. The van der Waals surface area contributed by atoms with E-state index in [1.54, 1.807) is 0 Å². The Morgan fingerprint density at radius 1 is 1.25 bits per heavy atom. The van der Waals surface area contributed by atoms with Gasteiger partial charge in [0.2, 0.25) is 6.29 Å². The molecule has 1 aromatic carbocycles. The van der Waals surface area contributed by atoms with Crippen molar-refractivity contribution in [3.63, 3.8) is 0 Å². The summed E-state index contributed by atoms with van der Waals surface area (Å²) in [4.78, 5) is 22.8. The Bertz CT molecular complexity index is 487. The first kappa shape index (κ1) is 16.2. The van der Waals surface area contributed by atoms with Crippen molar-refractivity contribution < 1.29 is 24.2 Å². The number of carbonyl (C=O) groups excluding carboxylic acids is 1. The summed E-state index contributed by atoms with van der Waals surface area (Å²) in [6.07, 6.45) is -0.141. The molecule has 0 radical (unpaired) electrons. The molecule has 1 rings (SSSR count). The molecule has 110 valence electrons. The minimum Gasteiger partial charge on any atom is -0.478 e. The number of esters is 1. The summed E-state index contributed by atoms with van der Waals surface area (Å²) in [5, 5.41) is 8.90. The minimum absolute atomic E-state index is 0.0456. The van der Waals surface area contributed by atoms with Gasteiger partial charge in [-0.3, -0.25) is 0 Å². The number of ether oxygens (including phenoxy) is 2. The molecular weight excluding hydrogens is 260 g/mol. The van der Waals surface area contributed by atoms with Crippen molar-refractivity contribution in [3.8, 4) is 0 Å². The van der Waals surface area contributed by atoms with Crippen molar-refractivity contribution in [1.29, 1.82) is 0 Å². The van der Waals surface area contributed by atoms with Crippen molar-refractivity contribution in [2.45, 2.75) is 46.0 Å². The fourth-order valence-electron chi connectivity index (χ4n) is 1.55. The molecule has 1 unspecified atom stereocenters. The van der Waals surface area contributed by atoms with Gasteiger partial charge in [-0.1, -0.05) is 13.0 Å². The summed E-state index contributed by atoms with van der Waals surface area (Å²) in [5.41, 5.74) is -0.186. The lowest BCUT2D eigenvalue weighted by Crippen LogP contribution is -2.30. The topological polar surface area (TPSA) is 72.8 Å². The van der Waals surface area contributed by atoms with E-state index in [4.69, 9.17) is 14.6 Å². The molecule has 0 fully saturated rings. The highest BCUT2D eigenvalue weighted by atomic mass is 16.7. The lowest BCUT2D eigenvalue weighted by molar-refractivity contribution is -0.169. The highest BCUT2D eigenvalue weighted by Gasteiger charge is 2.21. The number of carboxylic acid groups (broad SMARTS) is 1. The van der Waals surface area contributed by atoms with Crippen LogP contribution in [0, 0.1) is 0 Å². The molecule has 0 aromatic heterocycles. The van der Waals surface area contributed by atoms with Gasteiger partial charge in [-0.25, -0.2) is 9.59 Å². The number of carboxylic acids is 1. The highest BCUT2D eigenvalue weighted by molar-refractivity contribution is 5.94. The van der Waals surface area contributed by atoms with Crippen LogP contribution in [0.25, 0.3) is 0 Å². The highest BCUT2D eigenvalue weighted by Crippen LogP contribution is 2.16. The number of benzene rings is 1. The fraction of sp³-hybridized carbons (Fsp3) is 0.467. The van der Waals surface area contributed by atoms with Gasteiger partial charge in [-0.05, 0) is 39.0 Å². The predicted octanol–water partition coefficient (Wildman–Crippen LogP) is 3.09. The summed E-state index contributed by atoms with van der Waals surface area (Å²) in [6.45, 7) is 7.45. The molecule has 1 N–H and O–H groups in total. The molecule has 0 saturated heterocycles. The van der Waals surface area contributed by atoms with E-state index in [-0.39, 0.29) is 11.1 Å². The van der Waals surface area contributed by atoms with Crippen molar-refractivity contribution in [1.82, 2.24) is 0 Å². The van der Waals surface area contributed by atoms with Crippen LogP contribution >= 0.6 is 0 Å². The van der Waals surface area contributed by atoms with E-state index in [0.717, 1.165) is 0 Å². The maximum Gasteiger partial charge on any atom is 0.340 e. The Hall–Kier alpha value is -1.88. The Labute approximate surface area is 118 Å². The van der Waals surface area contributed by atoms with Crippen LogP contribution < -0.4 is 0 Å². The summed E-state index contributed by atoms with van der Waals surface area (Å²) < 4.78 is 10.8. The third kappa shape index (κ3) is 5.01. The van der Waals surface area contributed by atoms with Gasteiger partial charge < -0.3 is 14.6 Å². The zero-order valence-corrected chi connectivity index (χ0v) is 12.2. The maximum absolute atomic E-state index is 12.0. The average molecular weight is 280 g/mol. The average Bonchev–Trinajstić information content (AvgIpc) is 2.36. The smallest absolute Gasteiger partial charge is 0.340 e. The Morgan fingerprint density at radius 2 is 1.85 bits per heavy atom. The van der Waals surface area contributed by atoms with Gasteiger partial charge in [0.1, 0.15) is 0 Å². The summed E-state index contributed by atoms with van der Waals surface area (Å²) in [5.74, 6) is -1.68. The van der Waals surface area contributed by atoms with Gasteiger partial charge in [-0.2, -0.15) is 0 Å². The first-order valence-electron chi connectivity index (χ1n) is 6.45. The van der Waals surface area contributed by atoms with Crippen LogP contribution in [0.2, 0.25) is 0 Å². The van der Waals surface area contributed by atoms with Crippen molar-refractivity contribution in [3.05, 3.63) is 35.4 Å². The maximum atomic E-state index is 12.0. The molecule has 0 aliphatic rings. The second-order valence-corrected chi connectivity index (χ2v) is 5.36. The van der Waals surface area contributed by atoms with Gasteiger partial charge in [0.25, 0.3) is 0 Å². The molecular formula is C15H20O5. The third-order valence-electron chi connectivity index (χ3n) is 2.40. The molecule has 1 atom stereocenters. The third-order valence-corrected chi connectivity index (χ3v) is 2.40. The van der Waals surface area contributed by atoms with Crippen LogP contribution in [-0.2, 0) is 9.47 Å². The standard InChI is InChI=1S/C15H20O5/c1-5-12(20-15(2,3)4)19-14(18)11-8-6-7-10(9-11)13(16)17/h6-9,12H,5H2,1-4H3,(H,16,17). The molecule has 0 heterocycles. The van der Waals surface area contributed by atoms with Crippen molar-refractivity contribution >= 4 is 11.9 Å². The van der Waals surface area contributed by atoms with Gasteiger partial charge in [-0.15, -0.1) is 0 Å². The summed E-state index contributed by atoms with van der Waals surface area (Å²) in [6, 6.07) is 5.72. The van der Waals surface area contributed by atoms with E-state index in [0.29, 0.717) is 6.42 Å². The summed E-state index contributed by atoms with van der Waals surface area (Å²) in [7, 11) is 0. The van der Waals surface area contributed by atoms with Crippen molar-refractivity contribution in [2.24, 2.45) is 0 Å². The van der Waals surface area contributed by atoms with Crippen LogP contribution in [0.5, 0.6) is 0 Å². The van der Waals surface area contributed by atoms with Crippen LogP contribution in [0.3, 0.4) is 0 Å². The van der Waals surface area contributed by atoms with Crippen LogP contribution in [0.1, 0.15) is 54.8 Å². The Morgan fingerprint density at radius 3 is 2.35 bits per heavy atom. The van der Waals surface area contributed by atoms with Crippen molar-refractivity contribution in [2.75, 3.05) is 0 Å². The number of hydrogen-bond donors (Lipinski definition) is 1. The van der Waals surface area contributed by atoms with E-state index in [9.17, 15) is 9.59 Å². The van der Waals surface area contributed by atoms with Gasteiger partial charge >= 0.3 is 11.9 Å². The number of rotatable bonds is 5. The zero-order valence-electron chi connectivity index (χ0n) is 12.2. The summed E-state index contributed by atoms with van der Waals surface area (Å²) >= 11 is 0. The molecule has 0 amide bonds. The zero-order chi connectivity index (χ0) is 15.3. The molecule has 5 heteroatoms. The van der Waals surface area contributed by atoms with E-state index in [2.05, 4.69) is 0 Å². The number of aromatic carboxylic acids is 1. The second-order valence-electron chi connectivity index (χ2n) is 5.36. The molecule has 0 aliphatic carbocycles. The molecule has 5 nitrogen and oxygen atoms in total. The van der Waals surface area contributed by atoms with Crippen LogP contribution in [0.15, 0.2) is 24.3 Å². The van der Waals surface area contributed by atoms with Crippen LogP contribution in [-0.4, -0.2) is 28.9 Å². The van der Waals surface area contributed by atoms with E-state index in [1.165, 1.54) is 24.3 Å². The van der Waals surface area contributed by atoms with Crippen LogP contribution in [0.4, 0.5) is 0 Å². The fourth-order valence-corrected chi connectivity index (χ4v) is 1.55. The minimum atomic E-state index is -1.09. The largest absolute Gasteiger partial charge is 0.478 e. The Balaban J connectivity index is 2.79. The lowest BCUT2D eigenvalue weighted by atomic mass is 10.1. The Kier molecular flexibility index (Phi) is 5.27. The van der Waals surface area contributed by atoms with Gasteiger partial charge in [0, 0.05) is 6.42 Å². The first-order chi connectivity index (χ1) is 9.23. The van der Waals surface area contributed by atoms with E-state index < -0.39 is 23.8 Å². The molecule has 0 spiro atoms. The monoisotopic (exact) mass is 280 g/mol.